The molecule has 5 nitrogen and oxygen atoms in total. The van der Waals surface area contributed by atoms with E-state index < -0.39 is 9.84 Å². The average Bonchev–Trinajstić information content (AvgIpc) is 2.29. The van der Waals surface area contributed by atoms with Crippen LogP contribution in [0.5, 0.6) is 0 Å². The Balaban J connectivity index is 2.31. The summed E-state index contributed by atoms with van der Waals surface area (Å²) in [6.45, 7) is 2.91. The minimum Gasteiger partial charge on any atom is -0.397 e. The monoisotopic (exact) mass is 256 g/mol. The highest BCUT2D eigenvalue weighted by molar-refractivity contribution is 7.90. The molecule has 0 saturated carbocycles. The lowest BCUT2D eigenvalue weighted by molar-refractivity contribution is 0.123. The van der Waals surface area contributed by atoms with Crippen LogP contribution in [0.25, 0.3) is 0 Å². The number of nitrogens with two attached hydrogens (primary N) is 1. The molecule has 17 heavy (non-hydrogen) atoms. The molecular formula is C11H16N2O3S. The second-order valence-electron chi connectivity index (χ2n) is 4.09. The van der Waals surface area contributed by atoms with Gasteiger partial charge in [0.2, 0.25) is 0 Å². The second kappa shape index (κ2) is 4.54. The van der Waals surface area contributed by atoms with E-state index in [1.165, 1.54) is 12.3 Å². The minimum absolute atomic E-state index is 0.256. The summed E-state index contributed by atoms with van der Waals surface area (Å²) in [7, 11) is -3.20. The van der Waals surface area contributed by atoms with Crippen molar-refractivity contribution in [2.75, 3.05) is 43.2 Å². The Bertz CT molecular complexity index is 507. The van der Waals surface area contributed by atoms with Gasteiger partial charge in [-0.3, -0.25) is 0 Å². The van der Waals surface area contributed by atoms with Crippen LogP contribution in [0.3, 0.4) is 0 Å². The average molecular weight is 256 g/mol. The maximum absolute atomic E-state index is 11.4. The topological polar surface area (TPSA) is 72.6 Å². The van der Waals surface area contributed by atoms with Gasteiger partial charge in [0.1, 0.15) is 0 Å². The van der Waals surface area contributed by atoms with Gasteiger partial charge in [-0.25, -0.2) is 8.42 Å². The molecule has 2 N–H and O–H groups in total. The van der Waals surface area contributed by atoms with E-state index in [-0.39, 0.29) is 4.90 Å². The maximum Gasteiger partial charge on any atom is 0.175 e. The third-order valence-electron chi connectivity index (χ3n) is 2.78. The summed E-state index contributed by atoms with van der Waals surface area (Å²) in [5.41, 5.74) is 7.27. The van der Waals surface area contributed by atoms with Crippen LogP contribution in [0.15, 0.2) is 23.1 Å². The first kappa shape index (κ1) is 12.2. The van der Waals surface area contributed by atoms with Crippen molar-refractivity contribution in [1.29, 1.82) is 0 Å². The Morgan fingerprint density at radius 1 is 1.29 bits per heavy atom. The summed E-state index contributed by atoms with van der Waals surface area (Å²) < 4.78 is 28.0. The number of nitrogens with zero attached hydrogens (tertiary/aromatic N) is 1. The Morgan fingerprint density at radius 3 is 2.47 bits per heavy atom. The number of ether oxygens (including phenoxy) is 1. The van der Waals surface area contributed by atoms with E-state index >= 15 is 0 Å². The third-order valence-corrected chi connectivity index (χ3v) is 3.89. The van der Waals surface area contributed by atoms with Gasteiger partial charge in [-0.05, 0) is 18.2 Å². The SMILES string of the molecule is CS(=O)(=O)c1ccc(N2CCOCC2)c(N)c1. The van der Waals surface area contributed by atoms with Gasteiger partial charge in [-0.1, -0.05) is 0 Å². The molecule has 1 aliphatic rings. The molecule has 6 heteroatoms. The molecule has 1 aromatic rings. The van der Waals surface area contributed by atoms with Gasteiger partial charge in [0.25, 0.3) is 0 Å². The molecule has 2 rings (SSSR count). The molecule has 0 radical (unpaired) electrons. The molecule has 1 aromatic carbocycles. The fraction of sp³-hybridized carbons (Fsp3) is 0.455. The second-order valence-corrected chi connectivity index (χ2v) is 6.11. The lowest BCUT2D eigenvalue weighted by Crippen LogP contribution is -2.36. The van der Waals surface area contributed by atoms with Crippen molar-refractivity contribution in [1.82, 2.24) is 0 Å². The van der Waals surface area contributed by atoms with Gasteiger partial charge in [0, 0.05) is 19.3 Å². The molecule has 1 fully saturated rings. The number of hydrogen-bond donors (Lipinski definition) is 1. The zero-order chi connectivity index (χ0) is 12.5. The molecule has 94 valence electrons. The van der Waals surface area contributed by atoms with Crippen molar-refractivity contribution in [2.45, 2.75) is 4.90 Å². The van der Waals surface area contributed by atoms with Crippen molar-refractivity contribution >= 4 is 21.2 Å². The molecule has 1 heterocycles. The standard InChI is InChI=1S/C11H16N2O3S/c1-17(14,15)9-2-3-11(10(12)8-9)13-4-6-16-7-5-13/h2-3,8H,4-7,12H2,1H3. The molecule has 0 spiro atoms. The zero-order valence-corrected chi connectivity index (χ0v) is 10.5. The molecule has 1 saturated heterocycles. The largest absolute Gasteiger partial charge is 0.397 e. The van der Waals surface area contributed by atoms with Crippen LogP contribution in [0.2, 0.25) is 0 Å². The minimum atomic E-state index is -3.20. The van der Waals surface area contributed by atoms with Gasteiger partial charge in [-0.2, -0.15) is 0 Å². The van der Waals surface area contributed by atoms with E-state index in [1.807, 2.05) is 0 Å². The number of benzene rings is 1. The van der Waals surface area contributed by atoms with E-state index in [2.05, 4.69) is 4.90 Å². The van der Waals surface area contributed by atoms with E-state index in [9.17, 15) is 8.42 Å². The Labute approximate surface area is 101 Å². The lowest BCUT2D eigenvalue weighted by atomic mass is 10.2. The number of rotatable bonds is 2. The van der Waals surface area contributed by atoms with Crippen molar-refractivity contribution in [2.24, 2.45) is 0 Å². The summed E-state index contributed by atoms with van der Waals surface area (Å²) in [4.78, 5) is 2.36. The summed E-state index contributed by atoms with van der Waals surface area (Å²) in [6.07, 6.45) is 1.18. The molecule has 0 atom stereocenters. The summed E-state index contributed by atoms with van der Waals surface area (Å²) in [5.74, 6) is 0. The Hall–Kier alpha value is -1.27. The van der Waals surface area contributed by atoms with Gasteiger partial charge in [-0.15, -0.1) is 0 Å². The van der Waals surface area contributed by atoms with E-state index in [1.54, 1.807) is 12.1 Å². The summed E-state index contributed by atoms with van der Waals surface area (Å²) in [6, 6.07) is 4.87. The Morgan fingerprint density at radius 2 is 1.94 bits per heavy atom. The molecule has 1 aliphatic heterocycles. The quantitative estimate of drug-likeness (QED) is 0.780. The fourth-order valence-corrected chi connectivity index (χ4v) is 2.51. The van der Waals surface area contributed by atoms with Gasteiger partial charge >= 0.3 is 0 Å². The smallest absolute Gasteiger partial charge is 0.175 e. The van der Waals surface area contributed by atoms with Crippen molar-refractivity contribution < 1.29 is 13.2 Å². The zero-order valence-electron chi connectivity index (χ0n) is 9.72. The molecule has 0 aromatic heterocycles. The van der Waals surface area contributed by atoms with Crippen molar-refractivity contribution in [3.05, 3.63) is 18.2 Å². The highest BCUT2D eigenvalue weighted by Gasteiger charge is 2.15. The highest BCUT2D eigenvalue weighted by atomic mass is 32.2. The van der Waals surface area contributed by atoms with E-state index in [0.717, 1.165) is 18.8 Å². The van der Waals surface area contributed by atoms with Gasteiger partial charge in [0.05, 0.1) is 29.5 Å². The Kier molecular flexibility index (Phi) is 3.26. The molecular weight excluding hydrogens is 240 g/mol. The van der Waals surface area contributed by atoms with Crippen molar-refractivity contribution in [3.63, 3.8) is 0 Å². The van der Waals surface area contributed by atoms with Crippen LogP contribution < -0.4 is 10.6 Å². The van der Waals surface area contributed by atoms with Crippen molar-refractivity contribution in [3.8, 4) is 0 Å². The maximum atomic E-state index is 11.4. The fourth-order valence-electron chi connectivity index (χ4n) is 1.86. The van der Waals surface area contributed by atoms with Gasteiger partial charge in [0.15, 0.2) is 9.84 Å². The van der Waals surface area contributed by atoms with Crippen LogP contribution in [-0.2, 0) is 14.6 Å². The first-order valence-corrected chi connectivity index (χ1v) is 7.30. The van der Waals surface area contributed by atoms with Crippen LogP contribution in [0.1, 0.15) is 0 Å². The number of anilines is 2. The number of sulfone groups is 1. The molecule has 0 aliphatic carbocycles. The normalized spacial score (nSPS) is 17.1. The highest BCUT2D eigenvalue weighted by Crippen LogP contribution is 2.26. The molecule has 0 bridgehead atoms. The predicted molar refractivity (Wildman–Crippen MR) is 67.0 cm³/mol. The third kappa shape index (κ3) is 2.70. The number of morpholine rings is 1. The molecule has 0 unspecified atom stereocenters. The number of hydrogen-bond acceptors (Lipinski definition) is 5. The summed E-state index contributed by atoms with van der Waals surface area (Å²) >= 11 is 0. The number of nitrogen functional groups attached to an aromatic ring is 1. The van der Waals surface area contributed by atoms with Crippen LogP contribution in [0.4, 0.5) is 11.4 Å². The molecule has 0 amide bonds. The van der Waals surface area contributed by atoms with Gasteiger partial charge < -0.3 is 15.4 Å². The first-order chi connectivity index (χ1) is 7.98. The van der Waals surface area contributed by atoms with Crippen LogP contribution >= 0.6 is 0 Å². The van der Waals surface area contributed by atoms with Crippen LogP contribution in [0, 0.1) is 0 Å². The summed E-state index contributed by atoms with van der Waals surface area (Å²) in [5, 5.41) is 0. The van der Waals surface area contributed by atoms with Crippen LogP contribution in [-0.4, -0.2) is 41.0 Å². The predicted octanol–water partition coefficient (Wildman–Crippen LogP) is 0.509. The lowest BCUT2D eigenvalue weighted by Gasteiger charge is -2.29. The van der Waals surface area contributed by atoms with E-state index in [0.29, 0.717) is 18.9 Å². The van der Waals surface area contributed by atoms with E-state index in [4.69, 9.17) is 10.5 Å². The first-order valence-electron chi connectivity index (χ1n) is 5.41.